The molecule has 0 saturated heterocycles. The molecule has 0 atom stereocenters. The van der Waals surface area contributed by atoms with E-state index in [9.17, 15) is 12.8 Å². The quantitative estimate of drug-likeness (QED) is 0.699. The number of nitrogen functional groups attached to an aromatic ring is 1. The van der Waals surface area contributed by atoms with Gasteiger partial charge in [0, 0.05) is 5.69 Å². The van der Waals surface area contributed by atoms with Crippen LogP contribution in [0.4, 0.5) is 15.8 Å². The van der Waals surface area contributed by atoms with Gasteiger partial charge in [-0.25, -0.2) is 12.8 Å². The molecule has 0 fully saturated rings. The Morgan fingerprint density at radius 2 is 2.08 bits per heavy atom. The summed E-state index contributed by atoms with van der Waals surface area (Å²) in [4.78, 5) is 0. The van der Waals surface area contributed by atoms with Gasteiger partial charge in [-0.1, -0.05) is 0 Å². The number of hydrogen-bond donors (Lipinski definition) is 2. The molecule has 0 radical (unpaired) electrons. The van der Waals surface area contributed by atoms with Gasteiger partial charge >= 0.3 is 0 Å². The van der Waals surface area contributed by atoms with E-state index in [1.807, 2.05) is 4.72 Å². The fraction of sp³-hybridized carbons (Fsp3) is 0.143. The van der Waals surface area contributed by atoms with Gasteiger partial charge in [0.05, 0.1) is 11.9 Å². The Labute approximate surface area is 75.6 Å². The summed E-state index contributed by atoms with van der Waals surface area (Å²) in [6, 6.07) is 3.73. The van der Waals surface area contributed by atoms with Crippen LogP contribution in [-0.4, -0.2) is 14.7 Å². The van der Waals surface area contributed by atoms with Crippen molar-refractivity contribution in [2.75, 3.05) is 16.7 Å². The van der Waals surface area contributed by atoms with E-state index >= 15 is 0 Å². The molecule has 0 aliphatic carbocycles. The second kappa shape index (κ2) is 3.21. The molecule has 13 heavy (non-hydrogen) atoms. The molecule has 1 rings (SSSR count). The maximum Gasteiger partial charge on any atom is 0.229 e. The number of benzene rings is 1. The largest absolute Gasteiger partial charge is 0.399 e. The highest BCUT2D eigenvalue weighted by Gasteiger charge is 2.06. The molecule has 0 aromatic heterocycles. The van der Waals surface area contributed by atoms with Crippen LogP contribution in [0.1, 0.15) is 0 Å². The maximum absolute atomic E-state index is 13.0. The Morgan fingerprint density at radius 3 is 2.54 bits per heavy atom. The van der Waals surface area contributed by atoms with Crippen molar-refractivity contribution in [3.05, 3.63) is 24.0 Å². The van der Waals surface area contributed by atoms with Gasteiger partial charge in [-0.2, -0.15) is 0 Å². The zero-order chi connectivity index (χ0) is 10.1. The number of nitrogens with two attached hydrogens (primary N) is 1. The number of sulfonamides is 1. The fourth-order valence-corrected chi connectivity index (χ4v) is 1.38. The van der Waals surface area contributed by atoms with E-state index in [4.69, 9.17) is 5.73 Å². The van der Waals surface area contributed by atoms with Gasteiger partial charge in [-0.05, 0) is 18.2 Å². The Bertz CT molecular complexity index is 417. The molecule has 6 heteroatoms. The predicted octanol–water partition coefficient (Wildman–Crippen LogP) is 0.779. The van der Waals surface area contributed by atoms with Gasteiger partial charge in [-0.15, -0.1) is 0 Å². The van der Waals surface area contributed by atoms with Crippen molar-refractivity contribution in [3.63, 3.8) is 0 Å². The van der Waals surface area contributed by atoms with Gasteiger partial charge in [0.25, 0.3) is 0 Å². The lowest BCUT2D eigenvalue weighted by molar-refractivity contribution is 0.604. The van der Waals surface area contributed by atoms with Crippen molar-refractivity contribution in [2.24, 2.45) is 0 Å². The number of anilines is 2. The lowest BCUT2D eigenvalue weighted by Gasteiger charge is -2.04. The van der Waals surface area contributed by atoms with Gasteiger partial charge in [0.2, 0.25) is 10.0 Å². The van der Waals surface area contributed by atoms with E-state index < -0.39 is 15.8 Å². The Kier molecular flexibility index (Phi) is 2.42. The molecular weight excluding hydrogens is 195 g/mol. The van der Waals surface area contributed by atoms with Crippen LogP contribution in [0.3, 0.4) is 0 Å². The summed E-state index contributed by atoms with van der Waals surface area (Å²) in [5, 5.41) is 0. The van der Waals surface area contributed by atoms with E-state index in [1.54, 1.807) is 0 Å². The fourth-order valence-electron chi connectivity index (χ4n) is 0.814. The van der Waals surface area contributed by atoms with E-state index in [0.29, 0.717) is 0 Å². The molecule has 1 aromatic rings. The minimum Gasteiger partial charge on any atom is -0.399 e. The first-order chi connectivity index (χ1) is 5.88. The number of hydrogen-bond acceptors (Lipinski definition) is 3. The molecule has 0 saturated carbocycles. The summed E-state index contributed by atoms with van der Waals surface area (Å²) in [7, 11) is -3.44. The average Bonchev–Trinajstić information content (AvgIpc) is 1.93. The molecular formula is C7H9FN2O2S. The number of nitrogens with one attached hydrogen (secondary N) is 1. The van der Waals surface area contributed by atoms with Crippen LogP contribution in [0.5, 0.6) is 0 Å². The highest BCUT2D eigenvalue weighted by molar-refractivity contribution is 7.92. The topological polar surface area (TPSA) is 72.2 Å². The molecule has 0 aliphatic heterocycles. The first kappa shape index (κ1) is 9.79. The summed E-state index contributed by atoms with van der Waals surface area (Å²) in [5.74, 6) is -0.689. The van der Waals surface area contributed by atoms with Crippen LogP contribution in [0.2, 0.25) is 0 Å². The monoisotopic (exact) mass is 204 g/mol. The zero-order valence-corrected chi connectivity index (χ0v) is 7.73. The second-order valence-electron chi connectivity index (χ2n) is 2.61. The van der Waals surface area contributed by atoms with E-state index in [1.165, 1.54) is 12.1 Å². The van der Waals surface area contributed by atoms with Crippen LogP contribution >= 0.6 is 0 Å². The van der Waals surface area contributed by atoms with Crippen LogP contribution in [0, 0.1) is 5.82 Å². The number of halogens is 1. The first-order valence-electron chi connectivity index (χ1n) is 3.41. The van der Waals surface area contributed by atoms with Gasteiger partial charge in [0.1, 0.15) is 5.82 Å². The Balaban J connectivity index is 3.04. The van der Waals surface area contributed by atoms with Gasteiger partial charge in [0.15, 0.2) is 0 Å². The molecule has 72 valence electrons. The minimum absolute atomic E-state index is 0.100. The average molecular weight is 204 g/mol. The van der Waals surface area contributed by atoms with Gasteiger partial charge in [-0.3, -0.25) is 4.72 Å². The third kappa shape index (κ3) is 2.90. The predicted molar refractivity (Wildman–Crippen MR) is 49.3 cm³/mol. The highest BCUT2D eigenvalue weighted by Crippen LogP contribution is 2.17. The van der Waals surface area contributed by atoms with E-state index in [2.05, 4.69) is 0 Å². The van der Waals surface area contributed by atoms with E-state index in [-0.39, 0.29) is 11.4 Å². The van der Waals surface area contributed by atoms with Crippen LogP contribution in [-0.2, 0) is 10.0 Å². The summed E-state index contributed by atoms with van der Waals surface area (Å²) in [5.41, 5.74) is 5.42. The SMILES string of the molecule is CS(=O)(=O)Nc1ccc(N)cc1F. The molecule has 0 aliphatic rings. The third-order valence-corrected chi connectivity index (χ3v) is 1.88. The summed E-state index contributed by atoms with van der Waals surface area (Å²) in [6.07, 6.45) is 0.947. The minimum atomic E-state index is -3.44. The van der Waals surface area contributed by atoms with Crippen molar-refractivity contribution in [3.8, 4) is 0 Å². The molecule has 0 amide bonds. The number of rotatable bonds is 2. The maximum atomic E-state index is 13.0. The summed E-state index contributed by atoms with van der Waals surface area (Å²) < 4.78 is 36.4. The van der Waals surface area contributed by atoms with Crippen LogP contribution < -0.4 is 10.5 Å². The normalized spacial score (nSPS) is 11.2. The lowest BCUT2D eigenvalue weighted by atomic mass is 10.3. The van der Waals surface area contributed by atoms with E-state index in [0.717, 1.165) is 12.3 Å². The highest BCUT2D eigenvalue weighted by atomic mass is 32.2. The molecule has 3 N–H and O–H groups in total. The molecule has 1 aromatic carbocycles. The van der Waals surface area contributed by atoms with Crippen molar-refractivity contribution in [1.29, 1.82) is 0 Å². The van der Waals surface area contributed by atoms with Crippen molar-refractivity contribution >= 4 is 21.4 Å². The molecule has 4 nitrogen and oxygen atoms in total. The van der Waals surface area contributed by atoms with Gasteiger partial charge < -0.3 is 5.73 Å². The Morgan fingerprint density at radius 1 is 1.46 bits per heavy atom. The second-order valence-corrected chi connectivity index (χ2v) is 4.36. The van der Waals surface area contributed by atoms with Crippen LogP contribution in [0.25, 0.3) is 0 Å². The molecule has 0 heterocycles. The molecule has 0 bridgehead atoms. The van der Waals surface area contributed by atoms with Crippen molar-refractivity contribution in [1.82, 2.24) is 0 Å². The van der Waals surface area contributed by atoms with Crippen molar-refractivity contribution in [2.45, 2.75) is 0 Å². The lowest BCUT2D eigenvalue weighted by Crippen LogP contribution is -2.10. The summed E-state index contributed by atoms with van der Waals surface area (Å²) >= 11 is 0. The molecule has 0 unspecified atom stereocenters. The standard InChI is InChI=1S/C7H9FN2O2S/c1-13(11,12)10-7-3-2-5(9)4-6(7)8/h2-4,10H,9H2,1H3. The Hall–Kier alpha value is -1.30. The smallest absolute Gasteiger partial charge is 0.229 e. The third-order valence-electron chi connectivity index (χ3n) is 1.29. The van der Waals surface area contributed by atoms with Crippen LogP contribution in [0.15, 0.2) is 18.2 Å². The zero-order valence-electron chi connectivity index (χ0n) is 6.91. The summed E-state index contributed by atoms with van der Waals surface area (Å²) in [6.45, 7) is 0. The molecule has 0 spiro atoms. The van der Waals surface area contributed by atoms with Crippen molar-refractivity contribution < 1.29 is 12.8 Å². The first-order valence-corrected chi connectivity index (χ1v) is 5.30.